The minimum Gasteiger partial charge on any atom is -0.381 e. The maximum atomic E-state index is 13.0. The first-order chi connectivity index (χ1) is 14.9. The highest BCUT2D eigenvalue weighted by molar-refractivity contribution is 7.89. The Bertz CT molecular complexity index is 879. The molecule has 2 unspecified atom stereocenters. The zero-order valence-electron chi connectivity index (χ0n) is 18.8. The van der Waals surface area contributed by atoms with E-state index in [0.717, 1.165) is 70.1 Å². The molecule has 0 aliphatic carbocycles. The standard InChI is InChI=1S/C23H36N4O3S/c1-3-24-22(26-13-10-23(17-26)11-14-30-18-23)25-15-20-6-8-21(9-7-20)31(28,29)27-12-4-5-19(2)16-27/h6-9,19H,3-5,10-18H2,1-2H3,(H,24,25). The van der Waals surface area contributed by atoms with Crippen molar-refractivity contribution in [2.24, 2.45) is 16.3 Å². The molecule has 3 saturated heterocycles. The molecule has 0 radical (unpaired) electrons. The number of benzene rings is 1. The minimum atomic E-state index is -3.41. The van der Waals surface area contributed by atoms with E-state index in [9.17, 15) is 8.42 Å². The number of hydrogen-bond donors (Lipinski definition) is 1. The van der Waals surface area contributed by atoms with E-state index in [1.165, 1.54) is 0 Å². The van der Waals surface area contributed by atoms with Gasteiger partial charge in [0.05, 0.1) is 18.0 Å². The third-order valence-corrected chi connectivity index (χ3v) is 8.73. The van der Waals surface area contributed by atoms with Gasteiger partial charge in [0.1, 0.15) is 0 Å². The SMILES string of the molecule is CCNC(=NCc1ccc(S(=O)(=O)N2CCCC(C)C2)cc1)N1CCC2(CCOC2)C1. The molecule has 0 amide bonds. The van der Waals surface area contributed by atoms with Crippen LogP contribution in [0.25, 0.3) is 0 Å². The summed E-state index contributed by atoms with van der Waals surface area (Å²) >= 11 is 0. The van der Waals surface area contributed by atoms with Crippen LogP contribution in [0.3, 0.4) is 0 Å². The molecule has 8 heteroatoms. The van der Waals surface area contributed by atoms with E-state index < -0.39 is 10.0 Å². The molecule has 172 valence electrons. The highest BCUT2D eigenvalue weighted by Gasteiger charge is 2.42. The zero-order valence-corrected chi connectivity index (χ0v) is 19.7. The van der Waals surface area contributed by atoms with Crippen LogP contribution in [-0.2, 0) is 21.3 Å². The molecular weight excluding hydrogens is 412 g/mol. The Morgan fingerprint density at radius 2 is 2.06 bits per heavy atom. The number of hydrogen-bond acceptors (Lipinski definition) is 4. The van der Waals surface area contributed by atoms with Gasteiger partial charge in [0.2, 0.25) is 10.0 Å². The summed E-state index contributed by atoms with van der Waals surface area (Å²) in [5, 5.41) is 3.42. The van der Waals surface area contributed by atoms with Crippen molar-refractivity contribution in [1.82, 2.24) is 14.5 Å². The van der Waals surface area contributed by atoms with Crippen molar-refractivity contribution in [2.45, 2.75) is 51.0 Å². The average Bonchev–Trinajstić information content (AvgIpc) is 3.41. The topological polar surface area (TPSA) is 74.2 Å². The van der Waals surface area contributed by atoms with E-state index in [0.29, 0.717) is 30.4 Å². The Kier molecular flexibility index (Phi) is 6.89. The van der Waals surface area contributed by atoms with Crippen LogP contribution in [0.2, 0.25) is 0 Å². The molecule has 3 aliphatic heterocycles. The smallest absolute Gasteiger partial charge is 0.243 e. The molecule has 1 spiro atoms. The number of nitrogens with one attached hydrogen (secondary N) is 1. The van der Waals surface area contributed by atoms with E-state index >= 15 is 0 Å². The Balaban J connectivity index is 1.42. The third-order valence-electron chi connectivity index (χ3n) is 6.85. The van der Waals surface area contributed by atoms with Crippen LogP contribution in [-0.4, -0.2) is 69.5 Å². The van der Waals surface area contributed by atoms with Crippen LogP contribution in [0.15, 0.2) is 34.2 Å². The van der Waals surface area contributed by atoms with Gasteiger partial charge in [0, 0.05) is 44.7 Å². The van der Waals surface area contributed by atoms with Crippen LogP contribution in [0.4, 0.5) is 0 Å². The zero-order chi connectivity index (χ0) is 21.9. The molecule has 0 saturated carbocycles. The summed E-state index contributed by atoms with van der Waals surface area (Å²) in [6.45, 7) is 10.5. The fraction of sp³-hybridized carbons (Fsp3) is 0.696. The van der Waals surface area contributed by atoms with Gasteiger partial charge in [0.25, 0.3) is 0 Å². The van der Waals surface area contributed by atoms with Crippen LogP contribution in [0, 0.1) is 11.3 Å². The first-order valence-corrected chi connectivity index (χ1v) is 13.1. The van der Waals surface area contributed by atoms with Gasteiger partial charge in [-0.05, 0) is 56.2 Å². The fourth-order valence-corrected chi connectivity index (χ4v) is 6.56. The van der Waals surface area contributed by atoms with E-state index in [2.05, 4.69) is 24.1 Å². The monoisotopic (exact) mass is 448 g/mol. The van der Waals surface area contributed by atoms with Crippen LogP contribution < -0.4 is 5.32 Å². The molecule has 7 nitrogen and oxygen atoms in total. The molecule has 3 fully saturated rings. The molecule has 3 aliphatic rings. The normalized spacial score (nSPS) is 27.9. The van der Waals surface area contributed by atoms with E-state index in [-0.39, 0.29) is 5.41 Å². The summed E-state index contributed by atoms with van der Waals surface area (Å²) < 4.78 is 33.2. The van der Waals surface area contributed by atoms with Crippen molar-refractivity contribution >= 4 is 16.0 Å². The molecule has 1 N–H and O–H groups in total. The Morgan fingerprint density at radius 1 is 1.26 bits per heavy atom. The van der Waals surface area contributed by atoms with Gasteiger partial charge in [-0.15, -0.1) is 0 Å². The Morgan fingerprint density at radius 3 is 2.74 bits per heavy atom. The predicted octanol–water partition coefficient (Wildman–Crippen LogP) is 2.69. The van der Waals surface area contributed by atoms with Gasteiger partial charge < -0.3 is 15.0 Å². The molecule has 4 rings (SSSR count). The molecular formula is C23H36N4O3S. The number of rotatable bonds is 5. The number of nitrogens with zero attached hydrogens (tertiary/aromatic N) is 3. The summed E-state index contributed by atoms with van der Waals surface area (Å²) in [7, 11) is -3.41. The van der Waals surface area contributed by atoms with Gasteiger partial charge in [0.15, 0.2) is 5.96 Å². The number of sulfonamides is 1. The van der Waals surface area contributed by atoms with E-state index in [4.69, 9.17) is 9.73 Å². The largest absolute Gasteiger partial charge is 0.381 e. The first kappa shape index (κ1) is 22.6. The lowest BCUT2D eigenvalue weighted by molar-refractivity contribution is 0.156. The summed E-state index contributed by atoms with van der Waals surface area (Å²) in [5.74, 6) is 1.35. The van der Waals surface area contributed by atoms with Gasteiger partial charge in [-0.25, -0.2) is 13.4 Å². The first-order valence-electron chi connectivity index (χ1n) is 11.6. The second-order valence-corrected chi connectivity index (χ2v) is 11.3. The van der Waals surface area contributed by atoms with Crippen molar-refractivity contribution < 1.29 is 13.2 Å². The Labute approximate surface area is 186 Å². The minimum absolute atomic E-state index is 0.290. The van der Waals surface area contributed by atoms with Crippen molar-refractivity contribution in [3.8, 4) is 0 Å². The van der Waals surface area contributed by atoms with Gasteiger partial charge >= 0.3 is 0 Å². The maximum Gasteiger partial charge on any atom is 0.243 e. The molecule has 3 heterocycles. The van der Waals surface area contributed by atoms with Crippen LogP contribution in [0.1, 0.15) is 45.1 Å². The number of ether oxygens (including phenoxy) is 1. The highest BCUT2D eigenvalue weighted by atomic mass is 32.2. The molecule has 0 bridgehead atoms. The Hall–Kier alpha value is -1.64. The summed E-state index contributed by atoms with van der Waals surface area (Å²) in [6, 6.07) is 7.24. The summed E-state index contributed by atoms with van der Waals surface area (Å²) in [6.07, 6.45) is 4.32. The molecule has 0 aromatic heterocycles. The highest BCUT2D eigenvalue weighted by Crippen LogP contribution is 2.38. The second kappa shape index (κ2) is 9.46. The van der Waals surface area contributed by atoms with Gasteiger partial charge in [-0.1, -0.05) is 19.1 Å². The number of likely N-dealkylation sites (tertiary alicyclic amines) is 1. The average molecular weight is 449 g/mol. The molecule has 2 atom stereocenters. The fourth-order valence-electron chi connectivity index (χ4n) is 4.96. The third kappa shape index (κ3) is 5.07. The van der Waals surface area contributed by atoms with Crippen molar-refractivity contribution in [3.63, 3.8) is 0 Å². The predicted molar refractivity (Wildman–Crippen MR) is 122 cm³/mol. The summed E-state index contributed by atoms with van der Waals surface area (Å²) in [4.78, 5) is 7.56. The lowest BCUT2D eigenvalue weighted by Crippen LogP contribution is -2.41. The number of guanidine groups is 1. The van der Waals surface area contributed by atoms with Crippen LogP contribution >= 0.6 is 0 Å². The lowest BCUT2D eigenvalue weighted by Gasteiger charge is -2.30. The maximum absolute atomic E-state index is 13.0. The second-order valence-electron chi connectivity index (χ2n) is 9.40. The van der Waals surface area contributed by atoms with Gasteiger partial charge in [-0.3, -0.25) is 0 Å². The number of piperidine rings is 1. The molecule has 1 aromatic carbocycles. The molecule has 1 aromatic rings. The van der Waals surface area contributed by atoms with E-state index in [1.807, 2.05) is 12.1 Å². The van der Waals surface area contributed by atoms with Crippen molar-refractivity contribution in [1.29, 1.82) is 0 Å². The van der Waals surface area contributed by atoms with Gasteiger partial charge in [-0.2, -0.15) is 4.31 Å². The summed E-state index contributed by atoms with van der Waals surface area (Å²) in [5.41, 5.74) is 1.30. The number of aliphatic imine (C=N–C) groups is 1. The van der Waals surface area contributed by atoms with E-state index in [1.54, 1.807) is 16.4 Å². The van der Waals surface area contributed by atoms with Crippen LogP contribution in [0.5, 0.6) is 0 Å². The van der Waals surface area contributed by atoms with Crippen molar-refractivity contribution in [2.75, 3.05) is 45.9 Å². The quantitative estimate of drug-likeness (QED) is 0.554. The van der Waals surface area contributed by atoms with Crippen molar-refractivity contribution in [3.05, 3.63) is 29.8 Å². The lowest BCUT2D eigenvalue weighted by atomic mass is 9.87. The molecule has 31 heavy (non-hydrogen) atoms.